The van der Waals surface area contributed by atoms with Gasteiger partial charge in [0.25, 0.3) is 0 Å². The van der Waals surface area contributed by atoms with Crippen LogP contribution in [0.5, 0.6) is 0 Å². The molecule has 0 amide bonds. The van der Waals surface area contributed by atoms with Gasteiger partial charge in [0.1, 0.15) is 0 Å². The number of nitrogens with one attached hydrogen (secondary N) is 1. The van der Waals surface area contributed by atoms with Crippen LogP contribution >= 0.6 is 0 Å². The van der Waals surface area contributed by atoms with Crippen LogP contribution in [0.3, 0.4) is 0 Å². The fourth-order valence-electron chi connectivity index (χ4n) is 3.93. The average molecular weight is 344 g/mol. The van der Waals surface area contributed by atoms with Crippen molar-refractivity contribution in [3.8, 4) is 0 Å². The Balaban J connectivity index is 1.44. The molecule has 5 nitrogen and oxygen atoms in total. The zero-order valence-electron chi connectivity index (χ0n) is 15.8. The van der Waals surface area contributed by atoms with Crippen molar-refractivity contribution < 1.29 is 0 Å². The topological polar surface area (TPSA) is 34.1 Å². The van der Waals surface area contributed by atoms with Crippen LogP contribution in [0, 0.1) is 0 Å². The lowest BCUT2D eigenvalue weighted by Crippen LogP contribution is -2.43. The molecule has 0 saturated carbocycles. The van der Waals surface area contributed by atoms with Crippen LogP contribution in [0.15, 0.2) is 35.3 Å². The van der Waals surface area contributed by atoms with E-state index in [0.29, 0.717) is 5.92 Å². The number of guanidine groups is 1. The van der Waals surface area contributed by atoms with Crippen LogP contribution in [-0.4, -0.2) is 87.1 Å². The molecule has 2 fully saturated rings. The van der Waals surface area contributed by atoms with Gasteiger partial charge < -0.3 is 20.0 Å². The second-order valence-corrected chi connectivity index (χ2v) is 7.31. The first-order valence-corrected chi connectivity index (χ1v) is 9.67. The molecule has 5 heteroatoms. The van der Waals surface area contributed by atoms with E-state index in [9.17, 15) is 0 Å². The summed E-state index contributed by atoms with van der Waals surface area (Å²) in [6, 6.07) is 10.9. The minimum absolute atomic E-state index is 0.626. The highest BCUT2D eigenvalue weighted by atomic mass is 15.3. The standard InChI is InChI=1S/C20H33N5/c1-21-20(22-10-14-24-12-6-11-23(2)15-16-24)25-13-9-19(17-25)18-7-4-3-5-8-18/h3-5,7-8,19H,6,9-17H2,1-2H3,(H,21,22). The van der Waals surface area contributed by atoms with Crippen molar-refractivity contribution in [2.75, 3.05) is 66.5 Å². The Morgan fingerprint density at radius 3 is 2.76 bits per heavy atom. The van der Waals surface area contributed by atoms with Crippen LogP contribution in [0.4, 0.5) is 0 Å². The summed E-state index contributed by atoms with van der Waals surface area (Å²) in [5.41, 5.74) is 1.45. The molecule has 1 N–H and O–H groups in total. The zero-order valence-corrected chi connectivity index (χ0v) is 15.8. The maximum Gasteiger partial charge on any atom is 0.193 e. The summed E-state index contributed by atoms with van der Waals surface area (Å²) in [6.45, 7) is 9.03. The normalized spacial score (nSPS) is 23.7. The van der Waals surface area contributed by atoms with Gasteiger partial charge in [-0.3, -0.25) is 4.99 Å². The number of rotatable bonds is 4. The summed E-state index contributed by atoms with van der Waals surface area (Å²) in [7, 11) is 4.12. The summed E-state index contributed by atoms with van der Waals surface area (Å²) in [5.74, 6) is 1.69. The Morgan fingerprint density at radius 1 is 1.12 bits per heavy atom. The van der Waals surface area contributed by atoms with Gasteiger partial charge in [-0.05, 0) is 38.5 Å². The van der Waals surface area contributed by atoms with Crippen LogP contribution in [0.2, 0.25) is 0 Å². The fraction of sp³-hybridized carbons (Fsp3) is 0.650. The van der Waals surface area contributed by atoms with Crippen molar-refractivity contribution >= 4 is 5.96 Å². The maximum atomic E-state index is 4.52. The smallest absolute Gasteiger partial charge is 0.193 e. The van der Waals surface area contributed by atoms with Crippen LogP contribution in [0.1, 0.15) is 24.3 Å². The molecule has 2 heterocycles. The molecule has 2 aliphatic rings. The van der Waals surface area contributed by atoms with Gasteiger partial charge in [-0.1, -0.05) is 30.3 Å². The van der Waals surface area contributed by atoms with Gasteiger partial charge in [0, 0.05) is 52.2 Å². The third-order valence-electron chi connectivity index (χ3n) is 5.49. The van der Waals surface area contributed by atoms with Gasteiger partial charge in [0.05, 0.1) is 0 Å². The quantitative estimate of drug-likeness (QED) is 0.666. The van der Waals surface area contributed by atoms with Crippen molar-refractivity contribution in [3.63, 3.8) is 0 Å². The number of benzene rings is 1. The second-order valence-electron chi connectivity index (χ2n) is 7.31. The number of aliphatic imine (C=N–C) groups is 1. The number of hydrogen-bond donors (Lipinski definition) is 1. The average Bonchev–Trinajstić information content (AvgIpc) is 3.04. The van der Waals surface area contributed by atoms with Crippen molar-refractivity contribution in [2.45, 2.75) is 18.8 Å². The van der Waals surface area contributed by atoms with E-state index in [4.69, 9.17) is 0 Å². The molecular weight excluding hydrogens is 310 g/mol. The lowest BCUT2D eigenvalue weighted by molar-refractivity contribution is 0.279. The van der Waals surface area contributed by atoms with E-state index in [1.165, 1.54) is 44.6 Å². The lowest BCUT2D eigenvalue weighted by atomic mass is 9.99. The highest BCUT2D eigenvalue weighted by molar-refractivity contribution is 5.80. The number of likely N-dealkylation sites (tertiary alicyclic amines) is 1. The zero-order chi connectivity index (χ0) is 17.5. The lowest BCUT2D eigenvalue weighted by Gasteiger charge is -2.24. The minimum Gasteiger partial charge on any atom is -0.355 e. The molecule has 2 aliphatic heterocycles. The van der Waals surface area contributed by atoms with E-state index in [1.54, 1.807) is 0 Å². The predicted octanol–water partition coefficient (Wildman–Crippen LogP) is 1.69. The van der Waals surface area contributed by atoms with E-state index >= 15 is 0 Å². The molecule has 1 atom stereocenters. The molecule has 0 spiro atoms. The van der Waals surface area contributed by atoms with Crippen LogP contribution < -0.4 is 5.32 Å². The molecule has 138 valence electrons. The molecule has 0 aromatic heterocycles. The predicted molar refractivity (Wildman–Crippen MR) is 105 cm³/mol. The molecule has 0 bridgehead atoms. The Labute approximate surface area is 152 Å². The third kappa shape index (κ3) is 5.19. The monoisotopic (exact) mass is 343 g/mol. The van der Waals surface area contributed by atoms with Crippen molar-refractivity contribution in [2.24, 2.45) is 4.99 Å². The van der Waals surface area contributed by atoms with Gasteiger partial charge in [-0.15, -0.1) is 0 Å². The van der Waals surface area contributed by atoms with E-state index in [-0.39, 0.29) is 0 Å². The molecular formula is C20H33N5. The van der Waals surface area contributed by atoms with E-state index in [2.05, 4.69) is 62.4 Å². The first-order valence-electron chi connectivity index (χ1n) is 9.67. The maximum absolute atomic E-state index is 4.52. The molecule has 25 heavy (non-hydrogen) atoms. The van der Waals surface area contributed by atoms with Gasteiger partial charge in [-0.25, -0.2) is 0 Å². The summed E-state index contributed by atoms with van der Waals surface area (Å²) >= 11 is 0. The third-order valence-corrected chi connectivity index (χ3v) is 5.49. The van der Waals surface area contributed by atoms with E-state index in [0.717, 1.165) is 32.1 Å². The minimum atomic E-state index is 0.626. The van der Waals surface area contributed by atoms with Crippen molar-refractivity contribution in [1.82, 2.24) is 20.0 Å². The highest BCUT2D eigenvalue weighted by Crippen LogP contribution is 2.26. The van der Waals surface area contributed by atoms with Gasteiger partial charge in [-0.2, -0.15) is 0 Å². The van der Waals surface area contributed by atoms with Gasteiger partial charge in [0.2, 0.25) is 0 Å². The summed E-state index contributed by atoms with van der Waals surface area (Å²) < 4.78 is 0. The van der Waals surface area contributed by atoms with E-state index in [1.807, 2.05) is 7.05 Å². The summed E-state index contributed by atoms with van der Waals surface area (Å²) in [4.78, 5) is 11.9. The SMILES string of the molecule is CN=C(NCCN1CCCN(C)CC1)N1CCC(c2ccccc2)C1. The summed E-state index contributed by atoms with van der Waals surface area (Å²) in [5, 5.41) is 3.58. The number of nitrogens with zero attached hydrogens (tertiary/aromatic N) is 4. The number of likely N-dealkylation sites (N-methyl/N-ethyl adjacent to an activating group) is 1. The largest absolute Gasteiger partial charge is 0.355 e. The second kappa shape index (κ2) is 9.20. The van der Waals surface area contributed by atoms with Gasteiger partial charge >= 0.3 is 0 Å². The highest BCUT2D eigenvalue weighted by Gasteiger charge is 2.25. The molecule has 1 unspecified atom stereocenters. The first-order chi connectivity index (χ1) is 12.3. The van der Waals surface area contributed by atoms with Crippen molar-refractivity contribution in [3.05, 3.63) is 35.9 Å². The molecule has 1 aromatic carbocycles. The molecule has 1 aromatic rings. The molecule has 2 saturated heterocycles. The Bertz CT molecular complexity index is 544. The molecule has 0 radical (unpaired) electrons. The van der Waals surface area contributed by atoms with Crippen LogP contribution in [0.25, 0.3) is 0 Å². The Hall–Kier alpha value is -1.59. The van der Waals surface area contributed by atoms with Gasteiger partial charge in [0.15, 0.2) is 5.96 Å². The van der Waals surface area contributed by atoms with E-state index < -0.39 is 0 Å². The Kier molecular flexibility index (Phi) is 6.70. The fourth-order valence-corrected chi connectivity index (χ4v) is 3.93. The Morgan fingerprint density at radius 2 is 1.96 bits per heavy atom. The first kappa shape index (κ1) is 18.2. The van der Waals surface area contributed by atoms with Crippen LogP contribution in [-0.2, 0) is 0 Å². The molecule has 3 rings (SSSR count). The number of hydrogen-bond acceptors (Lipinski definition) is 3. The van der Waals surface area contributed by atoms with Crippen molar-refractivity contribution in [1.29, 1.82) is 0 Å². The molecule has 0 aliphatic carbocycles. The summed E-state index contributed by atoms with van der Waals surface area (Å²) in [6.07, 6.45) is 2.49.